The van der Waals surface area contributed by atoms with E-state index in [1.54, 1.807) is 30.2 Å². The van der Waals surface area contributed by atoms with E-state index in [1.807, 2.05) is 6.92 Å². The number of nitrogens with zero attached hydrogens (tertiary/aromatic N) is 8. The highest BCUT2D eigenvalue weighted by atomic mass is 32.2. The number of hydrogen-bond donors (Lipinski definition) is 1. The summed E-state index contributed by atoms with van der Waals surface area (Å²) in [6.07, 6.45) is 7.20. The van der Waals surface area contributed by atoms with Gasteiger partial charge in [0.2, 0.25) is 15.9 Å². The number of aryl methyl sites for hydroxylation is 1. The Balaban J connectivity index is 1.60. The van der Waals surface area contributed by atoms with E-state index in [2.05, 4.69) is 36.9 Å². The molecule has 13 nitrogen and oxygen atoms in total. The molecule has 0 aliphatic carbocycles. The van der Waals surface area contributed by atoms with Crippen LogP contribution in [0.25, 0.3) is 22.4 Å². The number of sulfonamides is 1. The van der Waals surface area contributed by atoms with Gasteiger partial charge in [-0.1, -0.05) is 13.8 Å². The normalized spacial score (nSPS) is 15.1. The Labute approximate surface area is 232 Å². The Morgan fingerprint density at radius 2 is 1.85 bits per heavy atom. The largest absolute Gasteiger partial charge is 0.477 e. The zero-order valence-corrected chi connectivity index (χ0v) is 23.7. The quantitative estimate of drug-likeness (QED) is 0.300. The molecule has 0 aromatic carbocycles. The third-order valence-corrected chi connectivity index (χ3v) is 8.72. The van der Waals surface area contributed by atoms with Crippen molar-refractivity contribution in [3.63, 3.8) is 0 Å². The summed E-state index contributed by atoms with van der Waals surface area (Å²) >= 11 is 0. The van der Waals surface area contributed by atoms with Gasteiger partial charge in [0.05, 0.1) is 29.8 Å². The van der Waals surface area contributed by atoms with Crippen molar-refractivity contribution >= 4 is 21.1 Å². The predicted octanol–water partition coefficient (Wildman–Crippen LogP) is 1.70. The van der Waals surface area contributed by atoms with E-state index < -0.39 is 15.6 Å². The number of piperazine rings is 1. The number of aromatic nitrogens is 7. The number of aromatic amines is 1. The molecule has 212 valence electrons. The van der Waals surface area contributed by atoms with Gasteiger partial charge >= 0.3 is 0 Å². The standard InChI is InChI=1S/C26H33N9O4S/c1-4-9-35-24-22(21(32-35)14-18-16-27-7-8-28-18)25(36)31-23(30-24)20-15-19(17-29-26(20)39-6-3)40(37,38)34-12-10-33(5-2)11-13-34/h7-8,15-17H,4-6,9-14H2,1-3H3,(H,30,31,36). The smallest absolute Gasteiger partial charge is 0.262 e. The van der Waals surface area contributed by atoms with Crippen molar-refractivity contribution < 1.29 is 13.2 Å². The van der Waals surface area contributed by atoms with Crippen molar-refractivity contribution in [1.29, 1.82) is 0 Å². The summed E-state index contributed by atoms with van der Waals surface area (Å²) in [6, 6.07) is 1.48. The molecular formula is C26H33N9O4S. The number of pyridine rings is 1. The van der Waals surface area contributed by atoms with Crippen LogP contribution in [-0.2, 0) is 23.0 Å². The molecule has 0 spiro atoms. The van der Waals surface area contributed by atoms with Crippen LogP contribution in [0.4, 0.5) is 0 Å². The summed E-state index contributed by atoms with van der Waals surface area (Å²) in [5.74, 6) is 0.339. The lowest BCUT2D eigenvalue weighted by atomic mass is 10.2. The van der Waals surface area contributed by atoms with Crippen LogP contribution in [0.15, 0.2) is 40.5 Å². The molecule has 4 aromatic heterocycles. The highest BCUT2D eigenvalue weighted by Gasteiger charge is 2.30. The summed E-state index contributed by atoms with van der Waals surface area (Å²) in [6.45, 7) is 9.70. The van der Waals surface area contributed by atoms with E-state index in [1.165, 1.54) is 16.6 Å². The van der Waals surface area contributed by atoms with Crippen LogP contribution in [0.1, 0.15) is 38.6 Å². The summed E-state index contributed by atoms with van der Waals surface area (Å²) < 4.78 is 36.0. The molecule has 40 heavy (non-hydrogen) atoms. The summed E-state index contributed by atoms with van der Waals surface area (Å²) in [4.78, 5) is 36.0. The minimum atomic E-state index is -3.82. The number of hydrogen-bond acceptors (Lipinski definition) is 10. The average molecular weight is 568 g/mol. The molecule has 1 aliphatic rings. The minimum Gasteiger partial charge on any atom is -0.477 e. The molecule has 1 N–H and O–H groups in total. The first kappa shape index (κ1) is 27.8. The van der Waals surface area contributed by atoms with Crippen LogP contribution in [0.2, 0.25) is 0 Å². The first-order valence-corrected chi connectivity index (χ1v) is 14.9. The van der Waals surface area contributed by atoms with Crippen molar-refractivity contribution in [1.82, 2.24) is 43.9 Å². The van der Waals surface area contributed by atoms with E-state index in [-0.39, 0.29) is 22.2 Å². The highest BCUT2D eigenvalue weighted by Crippen LogP contribution is 2.30. The van der Waals surface area contributed by atoms with Gasteiger partial charge in [-0.05, 0) is 26.0 Å². The van der Waals surface area contributed by atoms with Gasteiger partial charge in [0, 0.05) is 57.7 Å². The lowest BCUT2D eigenvalue weighted by molar-refractivity contribution is 0.196. The fourth-order valence-electron chi connectivity index (χ4n) is 4.79. The monoisotopic (exact) mass is 567 g/mol. The van der Waals surface area contributed by atoms with Gasteiger partial charge in [0.15, 0.2) is 5.65 Å². The van der Waals surface area contributed by atoms with E-state index in [4.69, 9.17) is 9.72 Å². The number of H-pyrrole nitrogens is 1. The van der Waals surface area contributed by atoms with Crippen molar-refractivity contribution in [2.24, 2.45) is 0 Å². The first-order chi connectivity index (χ1) is 19.3. The van der Waals surface area contributed by atoms with Crippen LogP contribution < -0.4 is 10.3 Å². The average Bonchev–Trinajstić information content (AvgIpc) is 3.31. The van der Waals surface area contributed by atoms with Crippen LogP contribution in [0, 0.1) is 0 Å². The van der Waals surface area contributed by atoms with Crippen LogP contribution >= 0.6 is 0 Å². The molecule has 0 unspecified atom stereocenters. The third kappa shape index (κ3) is 5.46. The molecule has 5 rings (SSSR count). The zero-order valence-electron chi connectivity index (χ0n) is 22.9. The first-order valence-electron chi connectivity index (χ1n) is 13.5. The molecular weight excluding hydrogens is 534 g/mol. The zero-order chi connectivity index (χ0) is 28.3. The molecule has 1 saturated heterocycles. The van der Waals surface area contributed by atoms with Gasteiger partial charge in [0.25, 0.3) is 5.56 Å². The number of nitrogens with one attached hydrogen (secondary N) is 1. The molecule has 1 aliphatic heterocycles. The van der Waals surface area contributed by atoms with E-state index in [9.17, 15) is 13.2 Å². The van der Waals surface area contributed by atoms with Crippen molar-refractivity contribution in [2.45, 2.75) is 45.1 Å². The Morgan fingerprint density at radius 1 is 1.05 bits per heavy atom. The number of rotatable bonds is 10. The van der Waals surface area contributed by atoms with E-state index in [0.29, 0.717) is 68.2 Å². The van der Waals surface area contributed by atoms with Crippen LogP contribution in [0.5, 0.6) is 5.88 Å². The van der Waals surface area contributed by atoms with Crippen LogP contribution in [0.3, 0.4) is 0 Å². The molecule has 0 amide bonds. The number of likely N-dealkylation sites (N-methyl/N-ethyl adjacent to an activating group) is 1. The van der Waals surface area contributed by atoms with Crippen molar-refractivity contribution in [3.05, 3.63) is 52.6 Å². The van der Waals surface area contributed by atoms with Gasteiger partial charge in [-0.3, -0.25) is 14.8 Å². The second kappa shape index (κ2) is 11.8. The Kier molecular flexibility index (Phi) is 8.19. The van der Waals surface area contributed by atoms with Gasteiger partial charge < -0.3 is 14.6 Å². The Morgan fingerprint density at radius 3 is 2.52 bits per heavy atom. The Hall–Kier alpha value is -3.75. The summed E-state index contributed by atoms with van der Waals surface area (Å²) in [7, 11) is -3.82. The topological polar surface area (TPSA) is 152 Å². The third-order valence-electron chi connectivity index (χ3n) is 6.85. The maximum absolute atomic E-state index is 13.5. The maximum atomic E-state index is 13.5. The molecule has 14 heteroatoms. The molecule has 1 fully saturated rings. The molecule has 4 aromatic rings. The second-order valence-corrected chi connectivity index (χ2v) is 11.4. The number of ether oxygens (including phenoxy) is 1. The predicted molar refractivity (Wildman–Crippen MR) is 149 cm³/mol. The van der Waals surface area contributed by atoms with Crippen molar-refractivity contribution in [2.75, 3.05) is 39.3 Å². The summed E-state index contributed by atoms with van der Waals surface area (Å²) in [5.41, 5.74) is 1.50. The summed E-state index contributed by atoms with van der Waals surface area (Å²) in [5, 5.41) is 5.03. The van der Waals surface area contributed by atoms with Gasteiger partial charge in [0.1, 0.15) is 16.1 Å². The highest BCUT2D eigenvalue weighted by molar-refractivity contribution is 7.89. The molecule has 0 saturated carbocycles. The van der Waals surface area contributed by atoms with Crippen LogP contribution in [-0.4, -0.2) is 91.7 Å². The molecule has 0 atom stereocenters. The maximum Gasteiger partial charge on any atom is 0.262 e. The Bertz CT molecular complexity index is 1650. The van der Waals surface area contributed by atoms with Gasteiger partial charge in [-0.2, -0.15) is 9.40 Å². The number of fused-ring (bicyclic) bond motifs is 1. The minimum absolute atomic E-state index is 0.0176. The van der Waals surface area contributed by atoms with Gasteiger partial charge in [-0.25, -0.2) is 23.1 Å². The van der Waals surface area contributed by atoms with E-state index in [0.717, 1.165) is 13.0 Å². The lowest BCUT2D eigenvalue weighted by Gasteiger charge is -2.33. The SMILES string of the molecule is CCCn1nc(Cc2cnccn2)c2c(=O)[nH]c(-c3cc(S(=O)(=O)N4CCN(CC)CC4)cnc3OCC)nc21. The molecule has 0 radical (unpaired) electrons. The van der Waals surface area contributed by atoms with Crippen molar-refractivity contribution in [3.8, 4) is 17.3 Å². The van der Waals surface area contributed by atoms with E-state index >= 15 is 0 Å². The van der Waals surface area contributed by atoms with Gasteiger partial charge in [-0.15, -0.1) is 0 Å². The fraction of sp³-hybridized carbons (Fsp3) is 0.462. The molecule has 0 bridgehead atoms. The fourth-order valence-corrected chi connectivity index (χ4v) is 6.19. The molecule has 5 heterocycles. The second-order valence-electron chi connectivity index (χ2n) is 9.45. The lowest BCUT2D eigenvalue weighted by Crippen LogP contribution is -2.48.